The number of likely N-dealkylation sites (N-methyl/N-ethyl adjacent to an activating group) is 1. The molecule has 1 aromatic carbocycles. The summed E-state index contributed by atoms with van der Waals surface area (Å²) in [5.74, 6) is 0. The van der Waals surface area contributed by atoms with Crippen molar-refractivity contribution in [2.24, 2.45) is 0 Å². The Morgan fingerprint density at radius 3 is 3.00 bits per heavy atom. The van der Waals surface area contributed by atoms with Crippen LogP contribution in [0.3, 0.4) is 0 Å². The van der Waals surface area contributed by atoms with Crippen LogP contribution in [-0.2, 0) is 10.0 Å². The maximum Gasteiger partial charge on any atom is 0.243 e. The third-order valence-electron chi connectivity index (χ3n) is 3.33. The van der Waals surface area contributed by atoms with Crippen molar-refractivity contribution in [2.75, 3.05) is 20.1 Å². The van der Waals surface area contributed by atoms with Gasteiger partial charge in [0.2, 0.25) is 10.0 Å². The average Bonchev–Trinajstić information content (AvgIpc) is 2.88. The molecule has 0 spiro atoms. The van der Waals surface area contributed by atoms with Gasteiger partial charge in [0.15, 0.2) is 0 Å². The van der Waals surface area contributed by atoms with Crippen molar-refractivity contribution in [3.63, 3.8) is 0 Å². The molecular weight excluding hydrogens is 262 g/mol. The molecule has 1 aliphatic heterocycles. The van der Waals surface area contributed by atoms with Gasteiger partial charge in [-0.05, 0) is 38.1 Å². The lowest BCUT2D eigenvalue weighted by molar-refractivity contribution is 0.379. The molecule has 0 saturated carbocycles. The average molecular weight is 279 g/mol. The van der Waals surface area contributed by atoms with Gasteiger partial charge in [0.25, 0.3) is 0 Å². The van der Waals surface area contributed by atoms with Crippen LogP contribution in [0.25, 0.3) is 0 Å². The van der Waals surface area contributed by atoms with Gasteiger partial charge in [-0.15, -0.1) is 0 Å². The molecule has 0 aromatic heterocycles. The van der Waals surface area contributed by atoms with E-state index in [4.69, 9.17) is 5.26 Å². The van der Waals surface area contributed by atoms with Crippen LogP contribution in [0.2, 0.25) is 0 Å². The first-order chi connectivity index (χ1) is 9.09. The Hall–Kier alpha value is -1.42. The third kappa shape index (κ3) is 2.78. The van der Waals surface area contributed by atoms with Crippen molar-refractivity contribution in [3.8, 4) is 6.07 Å². The van der Waals surface area contributed by atoms with Gasteiger partial charge in [-0.1, -0.05) is 6.07 Å². The van der Waals surface area contributed by atoms with Crippen LogP contribution < -0.4 is 5.32 Å². The van der Waals surface area contributed by atoms with E-state index in [1.807, 2.05) is 13.1 Å². The minimum Gasteiger partial charge on any atom is -0.318 e. The Kier molecular flexibility index (Phi) is 4.20. The van der Waals surface area contributed by atoms with Gasteiger partial charge in [-0.25, -0.2) is 8.42 Å². The Morgan fingerprint density at radius 2 is 2.32 bits per heavy atom. The summed E-state index contributed by atoms with van der Waals surface area (Å²) >= 11 is 0. The van der Waals surface area contributed by atoms with E-state index in [1.165, 1.54) is 6.07 Å². The first kappa shape index (κ1) is 14.0. The Balaban J connectivity index is 2.34. The number of rotatable bonds is 4. The second-order valence-corrected chi connectivity index (χ2v) is 6.50. The molecule has 0 bridgehead atoms. The lowest BCUT2D eigenvalue weighted by Crippen LogP contribution is -2.40. The van der Waals surface area contributed by atoms with Gasteiger partial charge in [0, 0.05) is 19.1 Å². The molecule has 19 heavy (non-hydrogen) atoms. The zero-order valence-electron chi connectivity index (χ0n) is 10.8. The number of hydrogen-bond acceptors (Lipinski definition) is 4. The maximum absolute atomic E-state index is 12.6. The molecule has 1 aromatic rings. The highest BCUT2D eigenvalue weighted by Crippen LogP contribution is 2.26. The molecule has 0 amide bonds. The highest BCUT2D eigenvalue weighted by molar-refractivity contribution is 7.89. The molecule has 1 N–H and O–H groups in total. The minimum atomic E-state index is -3.50. The van der Waals surface area contributed by atoms with Crippen molar-refractivity contribution in [1.29, 1.82) is 5.26 Å². The Morgan fingerprint density at radius 1 is 1.53 bits per heavy atom. The second-order valence-electron chi connectivity index (χ2n) is 4.61. The number of sulfonamides is 1. The number of hydrogen-bond donors (Lipinski definition) is 1. The minimum absolute atomic E-state index is 0.000687. The normalized spacial score (nSPS) is 20.3. The molecule has 1 fully saturated rings. The summed E-state index contributed by atoms with van der Waals surface area (Å²) in [4.78, 5) is 0.203. The predicted molar refractivity (Wildman–Crippen MR) is 72.0 cm³/mol. The molecule has 1 unspecified atom stereocenters. The molecule has 1 atom stereocenters. The van der Waals surface area contributed by atoms with E-state index in [2.05, 4.69) is 5.32 Å². The summed E-state index contributed by atoms with van der Waals surface area (Å²) < 4.78 is 26.7. The fourth-order valence-electron chi connectivity index (χ4n) is 2.43. The van der Waals surface area contributed by atoms with Crippen molar-refractivity contribution >= 4 is 10.0 Å². The highest BCUT2D eigenvalue weighted by Gasteiger charge is 2.34. The van der Waals surface area contributed by atoms with Crippen molar-refractivity contribution in [1.82, 2.24) is 9.62 Å². The summed E-state index contributed by atoms with van der Waals surface area (Å²) in [7, 11) is -1.68. The van der Waals surface area contributed by atoms with Crippen LogP contribution in [0.4, 0.5) is 0 Å². The smallest absolute Gasteiger partial charge is 0.243 e. The number of nitrogens with zero attached hydrogens (tertiary/aromatic N) is 2. The third-order valence-corrected chi connectivity index (χ3v) is 5.28. The molecule has 0 radical (unpaired) electrons. The van der Waals surface area contributed by atoms with Crippen molar-refractivity contribution in [3.05, 3.63) is 29.8 Å². The van der Waals surface area contributed by atoms with Gasteiger partial charge < -0.3 is 5.32 Å². The fraction of sp³-hybridized carbons (Fsp3) is 0.462. The number of nitriles is 1. The van der Waals surface area contributed by atoms with E-state index >= 15 is 0 Å². The van der Waals surface area contributed by atoms with Crippen LogP contribution in [-0.4, -0.2) is 38.9 Å². The zero-order chi connectivity index (χ0) is 13.9. The summed E-state index contributed by atoms with van der Waals surface area (Å²) in [5.41, 5.74) is 0.366. The monoisotopic (exact) mass is 279 g/mol. The van der Waals surface area contributed by atoms with Crippen LogP contribution in [0.15, 0.2) is 29.2 Å². The second kappa shape index (κ2) is 5.70. The van der Waals surface area contributed by atoms with Crippen molar-refractivity contribution in [2.45, 2.75) is 23.8 Å². The molecule has 5 nitrogen and oxygen atoms in total. The van der Waals surface area contributed by atoms with Gasteiger partial charge in [0.05, 0.1) is 16.5 Å². The van der Waals surface area contributed by atoms with Crippen LogP contribution >= 0.6 is 0 Å². The maximum atomic E-state index is 12.6. The molecule has 102 valence electrons. The molecule has 0 aliphatic carbocycles. The largest absolute Gasteiger partial charge is 0.318 e. The molecule has 1 aliphatic rings. The van der Waals surface area contributed by atoms with E-state index in [0.717, 1.165) is 12.8 Å². The highest BCUT2D eigenvalue weighted by atomic mass is 32.2. The molecular formula is C13H17N3O2S. The molecule has 1 heterocycles. The van der Waals surface area contributed by atoms with Crippen LogP contribution in [0.5, 0.6) is 0 Å². The van der Waals surface area contributed by atoms with Gasteiger partial charge in [-0.3, -0.25) is 0 Å². The van der Waals surface area contributed by atoms with E-state index in [9.17, 15) is 8.42 Å². The number of benzene rings is 1. The topological polar surface area (TPSA) is 73.2 Å². The quantitative estimate of drug-likeness (QED) is 0.890. The van der Waals surface area contributed by atoms with E-state index in [1.54, 1.807) is 22.5 Å². The summed E-state index contributed by atoms with van der Waals surface area (Å²) in [5, 5.41) is 11.9. The lowest BCUT2D eigenvalue weighted by Gasteiger charge is -2.23. The first-order valence-corrected chi connectivity index (χ1v) is 7.70. The van der Waals surface area contributed by atoms with Gasteiger partial charge >= 0.3 is 0 Å². The van der Waals surface area contributed by atoms with Gasteiger partial charge in [-0.2, -0.15) is 9.57 Å². The predicted octanol–water partition coefficient (Wildman–Crippen LogP) is 0.931. The molecule has 2 rings (SSSR count). The molecule has 1 saturated heterocycles. The zero-order valence-corrected chi connectivity index (χ0v) is 11.7. The standard InChI is InChI=1S/C13H17N3O2S/c1-15-10-12-5-3-7-16(12)19(17,18)13-6-2-4-11(8-13)9-14/h2,4,6,8,12,15H,3,5,7,10H2,1H3. The van der Waals surface area contributed by atoms with E-state index < -0.39 is 10.0 Å². The van der Waals surface area contributed by atoms with Crippen molar-refractivity contribution < 1.29 is 8.42 Å². The number of nitrogens with one attached hydrogen (secondary N) is 1. The van der Waals surface area contributed by atoms with E-state index in [-0.39, 0.29) is 10.9 Å². The summed E-state index contributed by atoms with van der Waals surface area (Å²) in [6.07, 6.45) is 1.75. The lowest BCUT2D eigenvalue weighted by atomic mass is 10.2. The summed E-state index contributed by atoms with van der Waals surface area (Å²) in [6, 6.07) is 8.16. The van der Waals surface area contributed by atoms with Gasteiger partial charge in [0.1, 0.15) is 0 Å². The fourth-order valence-corrected chi connectivity index (χ4v) is 4.17. The van der Waals surface area contributed by atoms with E-state index in [0.29, 0.717) is 18.7 Å². The van der Waals surface area contributed by atoms with Crippen LogP contribution in [0.1, 0.15) is 18.4 Å². The Labute approximate surface area is 113 Å². The Bertz CT molecular complexity index is 592. The van der Waals surface area contributed by atoms with Crippen LogP contribution in [0, 0.1) is 11.3 Å². The molecule has 6 heteroatoms. The first-order valence-electron chi connectivity index (χ1n) is 6.26. The summed E-state index contributed by atoms with van der Waals surface area (Å²) in [6.45, 7) is 1.20. The SMILES string of the molecule is CNCC1CCCN1S(=O)(=O)c1cccc(C#N)c1.